The van der Waals surface area contributed by atoms with E-state index in [1.54, 1.807) is 11.6 Å². The Morgan fingerprint density at radius 3 is 2.79 bits per heavy atom. The zero-order chi connectivity index (χ0) is 17.3. The average Bonchev–Trinajstić information content (AvgIpc) is 3.15. The molecule has 0 spiro atoms. The largest absolute Gasteiger partial charge is 0.465 e. The molecule has 0 bridgehead atoms. The van der Waals surface area contributed by atoms with Crippen LogP contribution in [0.15, 0.2) is 17.6 Å². The summed E-state index contributed by atoms with van der Waals surface area (Å²) in [5, 5.41) is 15.0. The number of rotatable bonds is 4. The van der Waals surface area contributed by atoms with E-state index in [-0.39, 0.29) is 23.5 Å². The highest BCUT2D eigenvalue weighted by Crippen LogP contribution is 2.29. The summed E-state index contributed by atoms with van der Waals surface area (Å²) in [5.41, 5.74) is 0. The molecule has 3 N–H and O–H groups in total. The van der Waals surface area contributed by atoms with Gasteiger partial charge in [-0.1, -0.05) is 6.42 Å². The number of nitrogens with one attached hydrogen (secondary N) is 2. The van der Waals surface area contributed by atoms with Crippen molar-refractivity contribution in [2.45, 2.75) is 36.4 Å². The lowest BCUT2D eigenvalue weighted by atomic mass is 9.88. The topological polar surface area (TPSA) is 117 Å². The number of hydrogen-bond donors (Lipinski definition) is 3. The van der Waals surface area contributed by atoms with E-state index in [0.717, 1.165) is 25.8 Å². The van der Waals surface area contributed by atoms with E-state index < -0.39 is 22.2 Å². The number of amides is 1. The number of piperidine rings is 1. The van der Waals surface area contributed by atoms with Crippen LogP contribution in [0.1, 0.15) is 19.3 Å². The Hall–Kier alpha value is -1.65. The van der Waals surface area contributed by atoms with Crippen molar-refractivity contribution in [3.63, 3.8) is 0 Å². The van der Waals surface area contributed by atoms with Crippen molar-refractivity contribution in [3.8, 4) is 0 Å². The van der Waals surface area contributed by atoms with Crippen LogP contribution in [0, 0.1) is 5.92 Å². The van der Waals surface area contributed by atoms with E-state index in [1.165, 1.54) is 16.8 Å². The van der Waals surface area contributed by atoms with Crippen LogP contribution in [-0.4, -0.2) is 65.2 Å². The van der Waals surface area contributed by atoms with Crippen molar-refractivity contribution in [1.29, 1.82) is 0 Å². The molecule has 2 aliphatic heterocycles. The van der Waals surface area contributed by atoms with Crippen LogP contribution in [-0.2, 0) is 17.1 Å². The van der Waals surface area contributed by atoms with Crippen LogP contribution in [0.5, 0.6) is 0 Å². The first kappa shape index (κ1) is 17.2. The normalized spacial score (nSPS) is 28.8. The minimum absolute atomic E-state index is 0.00340. The number of carbonyl (C=O) groups is 1. The molecule has 3 rings (SSSR count). The number of sulfonamides is 1. The van der Waals surface area contributed by atoms with Gasteiger partial charge < -0.3 is 20.3 Å². The lowest BCUT2D eigenvalue weighted by molar-refractivity contribution is 0.183. The van der Waals surface area contributed by atoms with Crippen LogP contribution >= 0.6 is 0 Å². The van der Waals surface area contributed by atoms with Gasteiger partial charge in [0, 0.05) is 38.3 Å². The predicted molar refractivity (Wildman–Crippen MR) is 86.0 cm³/mol. The standard InChI is InChI=1S/C14H23N5O4S/c1-18-8-13(16-9-18)24(22,23)19-6-10(11-4-2-3-5-15-11)12(7-19)17-14(20)21/h8-12,15,17H,2-7H2,1H3,(H,20,21)/t10-,11-,12+/m1/s1. The molecule has 1 aromatic heterocycles. The Bertz CT molecular complexity index is 698. The maximum atomic E-state index is 12.8. The second-order valence-corrected chi connectivity index (χ2v) is 8.36. The first-order valence-corrected chi connectivity index (χ1v) is 9.53. The number of aromatic nitrogens is 2. The maximum Gasteiger partial charge on any atom is 0.404 e. The molecule has 9 nitrogen and oxygen atoms in total. The van der Waals surface area contributed by atoms with Gasteiger partial charge in [0.1, 0.15) is 0 Å². The molecule has 24 heavy (non-hydrogen) atoms. The van der Waals surface area contributed by atoms with E-state index in [9.17, 15) is 13.2 Å². The van der Waals surface area contributed by atoms with Crippen LogP contribution in [0.2, 0.25) is 0 Å². The molecule has 0 aromatic carbocycles. The van der Waals surface area contributed by atoms with Crippen molar-refractivity contribution in [1.82, 2.24) is 24.5 Å². The fourth-order valence-corrected chi connectivity index (χ4v) is 5.08. The Morgan fingerprint density at radius 1 is 1.42 bits per heavy atom. The summed E-state index contributed by atoms with van der Waals surface area (Å²) in [6.07, 6.45) is 4.87. The van der Waals surface area contributed by atoms with Crippen molar-refractivity contribution < 1.29 is 18.3 Å². The summed E-state index contributed by atoms with van der Waals surface area (Å²) in [6, 6.07) is -0.295. The summed E-state index contributed by atoms with van der Waals surface area (Å²) in [7, 11) is -2.01. The molecule has 2 aliphatic rings. The quantitative estimate of drug-likeness (QED) is 0.688. The van der Waals surface area contributed by atoms with Crippen LogP contribution in [0.4, 0.5) is 4.79 Å². The van der Waals surface area contributed by atoms with Crippen molar-refractivity contribution in [2.75, 3.05) is 19.6 Å². The highest BCUT2D eigenvalue weighted by molar-refractivity contribution is 7.89. The number of hydrogen-bond acceptors (Lipinski definition) is 5. The van der Waals surface area contributed by atoms with Gasteiger partial charge in [-0.05, 0) is 19.4 Å². The molecule has 0 saturated carbocycles. The highest BCUT2D eigenvalue weighted by atomic mass is 32.2. The van der Waals surface area contributed by atoms with Gasteiger partial charge >= 0.3 is 6.09 Å². The summed E-state index contributed by atoms with van der Waals surface area (Å²) in [4.78, 5) is 15.0. The SMILES string of the molecule is Cn1cnc(S(=O)(=O)N2C[C@H]([C@H]3CCCCN3)[C@@H](NC(=O)O)C2)c1. The molecule has 134 valence electrons. The van der Waals surface area contributed by atoms with E-state index in [0.29, 0.717) is 6.54 Å². The summed E-state index contributed by atoms with van der Waals surface area (Å²) >= 11 is 0. The fraction of sp³-hybridized carbons (Fsp3) is 0.714. The number of imidazole rings is 1. The third kappa shape index (κ3) is 3.40. The third-order valence-corrected chi connectivity index (χ3v) is 6.51. The first-order valence-electron chi connectivity index (χ1n) is 8.09. The van der Waals surface area contributed by atoms with Crippen LogP contribution in [0.3, 0.4) is 0 Å². The van der Waals surface area contributed by atoms with Crippen molar-refractivity contribution in [3.05, 3.63) is 12.5 Å². The van der Waals surface area contributed by atoms with Gasteiger partial charge in [-0.25, -0.2) is 18.2 Å². The monoisotopic (exact) mass is 357 g/mol. The maximum absolute atomic E-state index is 12.8. The van der Waals surface area contributed by atoms with Gasteiger partial charge in [-0.2, -0.15) is 4.31 Å². The molecular weight excluding hydrogens is 334 g/mol. The minimum Gasteiger partial charge on any atom is -0.465 e. The van der Waals surface area contributed by atoms with E-state index in [4.69, 9.17) is 5.11 Å². The summed E-state index contributed by atoms with van der Waals surface area (Å²) in [6.45, 7) is 1.31. The lowest BCUT2D eigenvalue weighted by Gasteiger charge is -2.31. The molecule has 10 heteroatoms. The average molecular weight is 357 g/mol. The van der Waals surface area contributed by atoms with E-state index in [1.807, 2.05) is 0 Å². The second-order valence-electron chi connectivity index (χ2n) is 6.48. The summed E-state index contributed by atoms with van der Waals surface area (Å²) in [5.74, 6) is -0.0834. The molecule has 3 heterocycles. The zero-order valence-electron chi connectivity index (χ0n) is 13.6. The zero-order valence-corrected chi connectivity index (χ0v) is 14.4. The van der Waals surface area contributed by atoms with Gasteiger partial charge in [-0.3, -0.25) is 0 Å². The molecule has 0 radical (unpaired) electrons. The molecule has 2 fully saturated rings. The number of carboxylic acid groups (broad SMARTS) is 1. The highest BCUT2D eigenvalue weighted by Gasteiger charge is 2.44. The number of aryl methyl sites for hydroxylation is 1. The first-order chi connectivity index (χ1) is 11.4. The van der Waals surface area contributed by atoms with Gasteiger partial charge in [0.05, 0.1) is 12.4 Å². The van der Waals surface area contributed by atoms with Crippen LogP contribution in [0.25, 0.3) is 0 Å². The lowest BCUT2D eigenvalue weighted by Crippen LogP contribution is -2.49. The predicted octanol–water partition coefficient (Wildman–Crippen LogP) is -0.181. The van der Waals surface area contributed by atoms with Gasteiger partial charge in [0.15, 0.2) is 5.03 Å². The van der Waals surface area contributed by atoms with Crippen LogP contribution < -0.4 is 10.6 Å². The minimum atomic E-state index is -3.72. The Balaban J connectivity index is 1.81. The second kappa shape index (κ2) is 6.69. The number of nitrogens with zero attached hydrogens (tertiary/aromatic N) is 3. The van der Waals surface area contributed by atoms with Gasteiger partial charge in [0.25, 0.3) is 10.0 Å². The Morgan fingerprint density at radius 2 is 2.21 bits per heavy atom. The fourth-order valence-electron chi connectivity index (χ4n) is 3.61. The molecule has 3 atom stereocenters. The summed E-state index contributed by atoms with van der Waals surface area (Å²) < 4.78 is 28.4. The Kier molecular flexibility index (Phi) is 4.79. The van der Waals surface area contributed by atoms with E-state index >= 15 is 0 Å². The molecule has 1 amide bonds. The molecule has 0 unspecified atom stereocenters. The van der Waals surface area contributed by atoms with E-state index in [2.05, 4.69) is 15.6 Å². The molecule has 1 aromatic rings. The van der Waals surface area contributed by atoms with Crippen molar-refractivity contribution >= 4 is 16.1 Å². The van der Waals surface area contributed by atoms with Gasteiger partial charge in [-0.15, -0.1) is 0 Å². The molecule has 0 aliphatic carbocycles. The molecule has 2 saturated heterocycles. The molecular formula is C14H23N5O4S. The van der Waals surface area contributed by atoms with Crippen molar-refractivity contribution in [2.24, 2.45) is 13.0 Å². The Labute approximate surface area is 141 Å². The third-order valence-electron chi connectivity index (χ3n) is 4.79. The van der Waals surface area contributed by atoms with Gasteiger partial charge in [0.2, 0.25) is 0 Å². The smallest absolute Gasteiger partial charge is 0.404 e.